The summed E-state index contributed by atoms with van der Waals surface area (Å²) in [4.78, 5) is 54.7. The van der Waals surface area contributed by atoms with Gasteiger partial charge in [-0.3, -0.25) is 19.4 Å². The van der Waals surface area contributed by atoms with E-state index in [0.717, 1.165) is 5.56 Å². The van der Waals surface area contributed by atoms with Gasteiger partial charge in [0.2, 0.25) is 11.8 Å². The monoisotopic (exact) mass is 530 g/mol. The molecular weight excluding hydrogens is 488 g/mol. The minimum absolute atomic E-state index is 0.296. The third kappa shape index (κ3) is 7.17. The third-order valence-corrected chi connectivity index (χ3v) is 6.55. The molecule has 2 N–H and O–H groups in total. The number of hydrogen-bond donors (Lipinski definition) is 2. The number of nitrogens with zero attached hydrogens (tertiary/aromatic N) is 2. The first-order chi connectivity index (χ1) is 17.6. The molecule has 4 amide bonds. The van der Waals surface area contributed by atoms with Gasteiger partial charge in [0.1, 0.15) is 23.3 Å². The Labute approximate surface area is 225 Å². The second kappa shape index (κ2) is 11.2. The number of rotatable bonds is 4. The van der Waals surface area contributed by atoms with Crippen LogP contribution < -0.4 is 10.6 Å². The van der Waals surface area contributed by atoms with E-state index in [2.05, 4.69) is 10.6 Å². The van der Waals surface area contributed by atoms with Crippen molar-refractivity contribution in [2.24, 2.45) is 0 Å². The van der Waals surface area contributed by atoms with Crippen LogP contribution in [0.25, 0.3) is 0 Å². The predicted octanol–water partition coefficient (Wildman–Crippen LogP) is 4.98. The maximum Gasteiger partial charge on any atom is 0.410 e. The summed E-state index contributed by atoms with van der Waals surface area (Å²) in [6, 6.07) is 2.33. The van der Waals surface area contributed by atoms with Gasteiger partial charge in [0, 0.05) is 24.5 Å². The fourth-order valence-electron chi connectivity index (χ4n) is 4.75. The average Bonchev–Trinajstić information content (AvgIpc) is 3.46. The zero-order valence-corrected chi connectivity index (χ0v) is 23.9. The van der Waals surface area contributed by atoms with Crippen molar-refractivity contribution in [1.29, 1.82) is 0 Å². The Kier molecular flexibility index (Phi) is 8.63. The Bertz CT molecular complexity index is 1090. The van der Waals surface area contributed by atoms with E-state index in [1.54, 1.807) is 47.6 Å². The van der Waals surface area contributed by atoms with E-state index in [9.17, 15) is 19.2 Å². The molecule has 1 aromatic rings. The highest BCUT2D eigenvalue weighted by molar-refractivity contribution is 6.01. The van der Waals surface area contributed by atoms with Crippen LogP contribution in [0, 0.1) is 13.8 Å². The highest BCUT2D eigenvalue weighted by Gasteiger charge is 2.38. The summed E-state index contributed by atoms with van der Waals surface area (Å²) in [6.45, 7) is 15.4. The molecule has 10 heteroatoms. The SMILES string of the molecule is Cc1ccc(NC(=O)[C@@H]2CCCN2C(=O)OC(C)(C)C)c(C)c1NC(=O)[C@@H]1CCCN1C(=O)OC(C)(C)C. The smallest absolute Gasteiger partial charge is 0.410 e. The number of carbonyl (C=O) groups excluding carboxylic acids is 4. The lowest BCUT2D eigenvalue weighted by Crippen LogP contribution is -2.45. The minimum atomic E-state index is -0.654. The molecule has 0 aromatic heterocycles. The summed E-state index contributed by atoms with van der Waals surface area (Å²) in [6.07, 6.45) is 1.50. The normalized spacial score (nSPS) is 19.8. The molecule has 2 heterocycles. The predicted molar refractivity (Wildman–Crippen MR) is 145 cm³/mol. The van der Waals surface area contributed by atoms with Gasteiger partial charge in [-0.05, 0) is 98.3 Å². The van der Waals surface area contributed by atoms with Crippen molar-refractivity contribution in [3.63, 3.8) is 0 Å². The van der Waals surface area contributed by atoms with Crippen molar-refractivity contribution in [1.82, 2.24) is 9.80 Å². The van der Waals surface area contributed by atoms with Crippen molar-refractivity contribution in [2.75, 3.05) is 23.7 Å². The van der Waals surface area contributed by atoms with E-state index in [4.69, 9.17) is 9.47 Å². The molecule has 1 aromatic carbocycles. The number of hydrogen-bond acceptors (Lipinski definition) is 6. The first kappa shape index (κ1) is 29.3. The molecule has 0 bridgehead atoms. The van der Waals surface area contributed by atoms with Gasteiger partial charge in [-0.25, -0.2) is 9.59 Å². The molecule has 10 nitrogen and oxygen atoms in total. The zero-order chi connectivity index (χ0) is 28.4. The fourth-order valence-corrected chi connectivity index (χ4v) is 4.75. The fraction of sp³-hybridized carbons (Fsp3) is 0.643. The summed E-state index contributed by atoms with van der Waals surface area (Å²) < 4.78 is 11.0. The number of ether oxygens (including phenoxy) is 2. The number of benzene rings is 1. The zero-order valence-electron chi connectivity index (χ0n) is 23.9. The van der Waals surface area contributed by atoms with E-state index < -0.39 is 35.5 Å². The number of amides is 4. The number of aryl methyl sites for hydroxylation is 1. The van der Waals surface area contributed by atoms with Gasteiger partial charge in [-0.2, -0.15) is 0 Å². The minimum Gasteiger partial charge on any atom is -0.444 e. The summed E-state index contributed by atoms with van der Waals surface area (Å²) >= 11 is 0. The quantitative estimate of drug-likeness (QED) is 0.567. The van der Waals surface area contributed by atoms with Gasteiger partial charge in [0.05, 0.1) is 0 Å². The summed E-state index contributed by atoms with van der Waals surface area (Å²) in [5.74, 6) is -0.598. The molecule has 0 aliphatic carbocycles. The van der Waals surface area contributed by atoms with Gasteiger partial charge >= 0.3 is 12.2 Å². The van der Waals surface area contributed by atoms with Crippen LogP contribution >= 0.6 is 0 Å². The highest BCUT2D eigenvalue weighted by atomic mass is 16.6. The third-order valence-electron chi connectivity index (χ3n) is 6.55. The molecule has 0 radical (unpaired) electrons. The van der Waals surface area contributed by atoms with Crippen LogP contribution in [0.3, 0.4) is 0 Å². The van der Waals surface area contributed by atoms with Gasteiger partial charge in [-0.15, -0.1) is 0 Å². The van der Waals surface area contributed by atoms with E-state index in [-0.39, 0.29) is 11.8 Å². The van der Waals surface area contributed by atoms with Crippen LogP contribution in [0.5, 0.6) is 0 Å². The molecule has 2 fully saturated rings. The maximum atomic E-state index is 13.3. The van der Waals surface area contributed by atoms with Gasteiger partial charge in [0.15, 0.2) is 0 Å². The van der Waals surface area contributed by atoms with E-state index in [0.29, 0.717) is 55.7 Å². The molecule has 2 saturated heterocycles. The van der Waals surface area contributed by atoms with Crippen molar-refractivity contribution >= 4 is 35.4 Å². The van der Waals surface area contributed by atoms with Crippen LogP contribution in [0.15, 0.2) is 12.1 Å². The molecule has 2 aliphatic heterocycles. The Balaban J connectivity index is 1.73. The van der Waals surface area contributed by atoms with Gasteiger partial charge in [0.25, 0.3) is 0 Å². The van der Waals surface area contributed by atoms with Crippen molar-refractivity contribution in [3.8, 4) is 0 Å². The van der Waals surface area contributed by atoms with Crippen molar-refractivity contribution in [2.45, 2.75) is 104 Å². The molecule has 2 aliphatic rings. The number of anilines is 2. The molecule has 0 saturated carbocycles. The Morgan fingerprint density at radius 2 is 1.21 bits per heavy atom. The molecular formula is C28H42N4O6. The number of likely N-dealkylation sites (tertiary alicyclic amines) is 2. The van der Waals surface area contributed by atoms with Crippen LogP contribution in [0.1, 0.15) is 78.4 Å². The lowest BCUT2D eigenvalue weighted by atomic mass is 10.1. The van der Waals surface area contributed by atoms with Crippen LogP contribution in [0.4, 0.5) is 21.0 Å². The average molecular weight is 531 g/mol. The van der Waals surface area contributed by atoms with Crippen LogP contribution in [0.2, 0.25) is 0 Å². The maximum absolute atomic E-state index is 13.3. The van der Waals surface area contributed by atoms with E-state index >= 15 is 0 Å². The van der Waals surface area contributed by atoms with Gasteiger partial charge < -0.3 is 20.1 Å². The van der Waals surface area contributed by atoms with E-state index in [1.807, 2.05) is 19.9 Å². The highest BCUT2D eigenvalue weighted by Crippen LogP contribution is 2.30. The second-order valence-corrected chi connectivity index (χ2v) is 12.1. The van der Waals surface area contributed by atoms with Crippen LogP contribution in [-0.2, 0) is 19.1 Å². The van der Waals surface area contributed by atoms with Gasteiger partial charge in [-0.1, -0.05) is 6.07 Å². The molecule has 2 atom stereocenters. The second-order valence-electron chi connectivity index (χ2n) is 12.1. The molecule has 0 unspecified atom stereocenters. The topological polar surface area (TPSA) is 117 Å². The molecule has 3 rings (SSSR count). The summed E-state index contributed by atoms with van der Waals surface area (Å²) in [5.41, 5.74) is 1.34. The van der Waals surface area contributed by atoms with Crippen molar-refractivity contribution < 1.29 is 28.7 Å². The van der Waals surface area contributed by atoms with Crippen LogP contribution in [-0.4, -0.2) is 70.2 Å². The summed E-state index contributed by atoms with van der Waals surface area (Å²) in [5, 5.41) is 5.92. The number of carbonyl (C=O) groups is 4. The molecule has 38 heavy (non-hydrogen) atoms. The Morgan fingerprint density at radius 1 is 0.763 bits per heavy atom. The summed E-state index contributed by atoms with van der Waals surface area (Å²) in [7, 11) is 0. The first-order valence-electron chi connectivity index (χ1n) is 13.3. The Hall–Kier alpha value is -3.30. The first-order valence-corrected chi connectivity index (χ1v) is 13.3. The standard InChI is InChI=1S/C28H42N4O6/c1-17-13-14-19(29-23(33)20-11-9-15-31(20)25(35)37-27(3,4)5)18(2)22(17)30-24(34)21-12-10-16-32(21)26(36)38-28(6,7)8/h13-14,20-21H,9-12,15-16H2,1-8H3,(H,29,33)(H,30,34)/t20-,21-/m0/s1. The Morgan fingerprint density at radius 3 is 1.66 bits per heavy atom. The lowest BCUT2D eigenvalue weighted by molar-refractivity contribution is -0.121. The lowest BCUT2D eigenvalue weighted by Gasteiger charge is -2.29. The largest absolute Gasteiger partial charge is 0.444 e. The molecule has 0 spiro atoms. The molecule has 210 valence electrons. The van der Waals surface area contributed by atoms with Crippen molar-refractivity contribution in [3.05, 3.63) is 23.3 Å². The number of nitrogens with one attached hydrogen (secondary N) is 2. The van der Waals surface area contributed by atoms with E-state index in [1.165, 1.54) is 9.80 Å².